The van der Waals surface area contributed by atoms with Gasteiger partial charge in [-0.25, -0.2) is 0 Å². The number of anilines is 2. The molecule has 0 atom stereocenters. The first-order valence-corrected chi connectivity index (χ1v) is 4.85. The lowest BCUT2D eigenvalue weighted by atomic mass is 10.2. The molecule has 0 spiro atoms. The summed E-state index contributed by atoms with van der Waals surface area (Å²) < 4.78 is 0. The Kier molecular flexibility index (Phi) is 2.69. The van der Waals surface area contributed by atoms with Crippen LogP contribution in [0.25, 0.3) is 0 Å². The molecular formula is C11H14N4. The van der Waals surface area contributed by atoms with Crippen LogP contribution in [0.5, 0.6) is 0 Å². The minimum atomic E-state index is 0.555. The molecule has 0 aliphatic heterocycles. The third kappa shape index (κ3) is 2.16. The molecule has 1 aromatic carbocycles. The zero-order valence-electron chi connectivity index (χ0n) is 8.62. The Balaban J connectivity index is 2.21. The molecule has 78 valence electrons. The number of benzene rings is 1. The van der Waals surface area contributed by atoms with Gasteiger partial charge in [0.25, 0.3) is 0 Å². The number of nitrogens with zero attached hydrogens (tertiary/aromatic N) is 1. The van der Waals surface area contributed by atoms with Gasteiger partial charge in [0, 0.05) is 12.2 Å². The van der Waals surface area contributed by atoms with Crippen molar-refractivity contribution in [1.29, 1.82) is 0 Å². The second kappa shape index (κ2) is 4.14. The summed E-state index contributed by atoms with van der Waals surface area (Å²) in [7, 11) is 0. The first kappa shape index (κ1) is 9.73. The van der Waals surface area contributed by atoms with Crippen molar-refractivity contribution in [3.63, 3.8) is 0 Å². The zero-order valence-corrected chi connectivity index (χ0v) is 8.62. The third-order valence-corrected chi connectivity index (χ3v) is 2.27. The molecule has 2 aromatic rings. The van der Waals surface area contributed by atoms with E-state index in [1.54, 1.807) is 6.20 Å². The van der Waals surface area contributed by atoms with Crippen molar-refractivity contribution in [2.24, 2.45) is 5.73 Å². The summed E-state index contributed by atoms with van der Waals surface area (Å²) in [6.45, 7) is 2.53. The topological polar surface area (TPSA) is 66.7 Å². The molecule has 4 heteroatoms. The highest BCUT2D eigenvalue weighted by atomic mass is 15.1. The minimum absolute atomic E-state index is 0.555. The summed E-state index contributed by atoms with van der Waals surface area (Å²) in [5.74, 6) is 0. The third-order valence-electron chi connectivity index (χ3n) is 2.27. The molecule has 0 amide bonds. The van der Waals surface area contributed by atoms with E-state index in [1.165, 1.54) is 0 Å². The highest BCUT2D eigenvalue weighted by Gasteiger charge is 2.00. The number of aromatic amines is 1. The first-order valence-electron chi connectivity index (χ1n) is 4.85. The van der Waals surface area contributed by atoms with Crippen molar-refractivity contribution in [2.45, 2.75) is 13.5 Å². The Hall–Kier alpha value is -1.81. The van der Waals surface area contributed by atoms with Gasteiger partial charge in [-0.1, -0.05) is 12.1 Å². The fourth-order valence-corrected chi connectivity index (χ4v) is 1.41. The standard InChI is InChI=1S/C11H14N4/c1-8-11(7-13-15-8)14-10-4-2-3-9(5-10)6-12/h2-5,7,14H,6,12H2,1H3,(H,13,15). The summed E-state index contributed by atoms with van der Waals surface area (Å²) in [6.07, 6.45) is 1.77. The number of nitrogens with one attached hydrogen (secondary N) is 2. The van der Waals surface area contributed by atoms with Crippen molar-refractivity contribution in [2.75, 3.05) is 5.32 Å². The maximum absolute atomic E-state index is 5.58. The number of H-pyrrole nitrogens is 1. The number of hydrogen-bond donors (Lipinski definition) is 3. The van der Waals surface area contributed by atoms with Gasteiger partial charge in [0.2, 0.25) is 0 Å². The van der Waals surface area contributed by atoms with E-state index in [4.69, 9.17) is 5.73 Å². The smallest absolute Gasteiger partial charge is 0.0797 e. The molecule has 0 fully saturated rings. The lowest BCUT2D eigenvalue weighted by Gasteiger charge is -2.06. The van der Waals surface area contributed by atoms with E-state index in [-0.39, 0.29) is 0 Å². The van der Waals surface area contributed by atoms with Crippen LogP contribution in [0.1, 0.15) is 11.3 Å². The van der Waals surface area contributed by atoms with Crippen LogP contribution in [-0.2, 0) is 6.54 Å². The summed E-state index contributed by atoms with van der Waals surface area (Å²) >= 11 is 0. The molecule has 4 nitrogen and oxygen atoms in total. The average molecular weight is 202 g/mol. The van der Waals surface area contributed by atoms with Gasteiger partial charge in [0.1, 0.15) is 0 Å². The predicted octanol–water partition coefficient (Wildman–Crippen LogP) is 1.92. The Morgan fingerprint density at radius 1 is 1.47 bits per heavy atom. The van der Waals surface area contributed by atoms with E-state index >= 15 is 0 Å². The monoisotopic (exact) mass is 202 g/mol. The first-order chi connectivity index (χ1) is 7.29. The zero-order chi connectivity index (χ0) is 10.7. The molecule has 0 saturated heterocycles. The van der Waals surface area contributed by atoms with Crippen molar-refractivity contribution in [3.05, 3.63) is 41.7 Å². The van der Waals surface area contributed by atoms with E-state index in [2.05, 4.69) is 15.5 Å². The van der Waals surface area contributed by atoms with Crippen molar-refractivity contribution in [3.8, 4) is 0 Å². The summed E-state index contributed by atoms with van der Waals surface area (Å²) in [4.78, 5) is 0. The van der Waals surface area contributed by atoms with Crippen LogP contribution in [0.2, 0.25) is 0 Å². The average Bonchev–Trinajstić information content (AvgIpc) is 2.65. The van der Waals surface area contributed by atoms with E-state index < -0.39 is 0 Å². The van der Waals surface area contributed by atoms with Crippen LogP contribution in [0.15, 0.2) is 30.5 Å². The Bertz CT molecular complexity index is 447. The Labute approximate surface area is 88.5 Å². The number of aromatic nitrogens is 2. The van der Waals surface area contributed by atoms with Crippen LogP contribution in [0.3, 0.4) is 0 Å². The molecule has 1 aromatic heterocycles. The van der Waals surface area contributed by atoms with Crippen molar-refractivity contribution in [1.82, 2.24) is 10.2 Å². The fraction of sp³-hybridized carbons (Fsp3) is 0.182. The van der Waals surface area contributed by atoms with E-state index in [9.17, 15) is 0 Å². The summed E-state index contributed by atoms with van der Waals surface area (Å²) in [5, 5.41) is 10.1. The van der Waals surface area contributed by atoms with Crippen LogP contribution < -0.4 is 11.1 Å². The summed E-state index contributed by atoms with van der Waals surface area (Å²) in [6, 6.07) is 8.03. The number of aryl methyl sites for hydroxylation is 1. The number of rotatable bonds is 3. The number of nitrogens with two attached hydrogens (primary N) is 1. The largest absolute Gasteiger partial charge is 0.353 e. The van der Waals surface area contributed by atoms with Crippen molar-refractivity contribution < 1.29 is 0 Å². The van der Waals surface area contributed by atoms with Gasteiger partial charge in [-0.3, -0.25) is 5.10 Å². The lowest BCUT2D eigenvalue weighted by molar-refractivity contribution is 1.05. The second-order valence-electron chi connectivity index (χ2n) is 3.44. The van der Waals surface area contributed by atoms with Crippen LogP contribution in [0.4, 0.5) is 11.4 Å². The maximum atomic E-state index is 5.58. The molecular weight excluding hydrogens is 188 g/mol. The second-order valence-corrected chi connectivity index (χ2v) is 3.44. The molecule has 0 bridgehead atoms. The molecule has 0 aliphatic rings. The highest BCUT2D eigenvalue weighted by Crippen LogP contribution is 2.18. The van der Waals surface area contributed by atoms with Gasteiger partial charge in [-0.05, 0) is 24.6 Å². The lowest BCUT2D eigenvalue weighted by Crippen LogP contribution is -1.97. The molecule has 4 N–H and O–H groups in total. The van der Waals surface area contributed by atoms with Crippen LogP contribution >= 0.6 is 0 Å². The van der Waals surface area contributed by atoms with Gasteiger partial charge >= 0.3 is 0 Å². The van der Waals surface area contributed by atoms with Gasteiger partial charge in [-0.2, -0.15) is 5.10 Å². The van der Waals surface area contributed by atoms with Crippen molar-refractivity contribution >= 4 is 11.4 Å². The van der Waals surface area contributed by atoms with Gasteiger partial charge in [0.05, 0.1) is 17.6 Å². The molecule has 0 unspecified atom stereocenters. The normalized spacial score (nSPS) is 10.3. The SMILES string of the molecule is Cc1[nH]ncc1Nc1cccc(CN)c1. The Morgan fingerprint density at radius 2 is 2.33 bits per heavy atom. The predicted molar refractivity (Wildman–Crippen MR) is 60.9 cm³/mol. The molecule has 1 heterocycles. The summed E-state index contributed by atoms with van der Waals surface area (Å²) in [5.41, 5.74) is 9.73. The highest BCUT2D eigenvalue weighted by molar-refractivity contribution is 5.61. The molecule has 15 heavy (non-hydrogen) atoms. The minimum Gasteiger partial charge on any atom is -0.353 e. The van der Waals surface area contributed by atoms with Crippen LogP contribution in [-0.4, -0.2) is 10.2 Å². The van der Waals surface area contributed by atoms with Gasteiger partial charge < -0.3 is 11.1 Å². The van der Waals surface area contributed by atoms with Gasteiger partial charge in [0.15, 0.2) is 0 Å². The van der Waals surface area contributed by atoms with E-state index in [0.717, 1.165) is 22.6 Å². The quantitative estimate of drug-likeness (QED) is 0.712. The van der Waals surface area contributed by atoms with E-state index in [1.807, 2.05) is 31.2 Å². The molecule has 0 aliphatic carbocycles. The van der Waals surface area contributed by atoms with E-state index in [0.29, 0.717) is 6.54 Å². The molecule has 0 saturated carbocycles. The molecule has 2 rings (SSSR count). The van der Waals surface area contributed by atoms with Crippen LogP contribution in [0, 0.1) is 6.92 Å². The van der Waals surface area contributed by atoms with Gasteiger partial charge in [-0.15, -0.1) is 0 Å². The fourth-order valence-electron chi connectivity index (χ4n) is 1.41. The number of hydrogen-bond acceptors (Lipinski definition) is 3. The molecule has 0 radical (unpaired) electrons. The Morgan fingerprint density at radius 3 is 3.00 bits per heavy atom. The maximum Gasteiger partial charge on any atom is 0.0797 e.